The summed E-state index contributed by atoms with van der Waals surface area (Å²) in [5.74, 6) is -0.248. The summed E-state index contributed by atoms with van der Waals surface area (Å²) in [5.41, 5.74) is -3.71. The van der Waals surface area contributed by atoms with Crippen LogP contribution in [0.4, 0.5) is 35.2 Å². The Kier molecular flexibility index (Phi) is 6.76. The van der Waals surface area contributed by atoms with E-state index in [9.17, 15) is 27.6 Å². The Labute approximate surface area is 221 Å². The number of pyridine rings is 1. The zero-order valence-corrected chi connectivity index (χ0v) is 21.7. The second-order valence-electron chi connectivity index (χ2n) is 9.72. The topological polar surface area (TPSA) is 89.1 Å². The lowest BCUT2D eigenvalue weighted by atomic mass is 10.1. The molecule has 0 radical (unpaired) electrons. The maximum absolute atomic E-state index is 13.6. The van der Waals surface area contributed by atoms with Crippen LogP contribution in [-0.4, -0.2) is 76.9 Å². The number of hydrogen-bond donors (Lipinski definition) is 1. The maximum atomic E-state index is 13.6. The number of aromatic nitrogens is 1. The predicted molar refractivity (Wildman–Crippen MR) is 137 cm³/mol. The molecule has 5 rings (SSSR count). The van der Waals surface area contributed by atoms with E-state index in [0.29, 0.717) is 31.7 Å². The number of rotatable bonds is 6. The smallest absolute Gasteiger partial charge is 0.366 e. The van der Waals surface area contributed by atoms with Crippen LogP contribution < -0.4 is 15.1 Å². The van der Waals surface area contributed by atoms with Crippen molar-refractivity contribution in [3.63, 3.8) is 0 Å². The van der Waals surface area contributed by atoms with Gasteiger partial charge in [-0.25, -0.2) is 14.7 Å². The number of amides is 4. The Balaban J connectivity index is 1.45. The van der Waals surface area contributed by atoms with E-state index in [1.54, 1.807) is 17.2 Å². The minimum absolute atomic E-state index is 0.0301. The van der Waals surface area contributed by atoms with Crippen molar-refractivity contribution in [3.8, 4) is 0 Å². The zero-order chi connectivity index (χ0) is 27.2. The average Bonchev–Trinajstić information content (AvgIpc) is 3.62. The van der Waals surface area contributed by atoms with Gasteiger partial charge in [0, 0.05) is 49.8 Å². The molecule has 1 aliphatic carbocycles. The van der Waals surface area contributed by atoms with Crippen molar-refractivity contribution in [1.82, 2.24) is 14.8 Å². The summed E-state index contributed by atoms with van der Waals surface area (Å²) < 4.78 is 38.2. The third kappa shape index (κ3) is 5.04. The van der Waals surface area contributed by atoms with E-state index in [2.05, 4.69) is 20.1 Å². The van der Waals surface area contributed by atoms with Crippen molar-refractivity contribution in [3.05, 3.63) is 42.1 Å². The number of carbonyl (C=O) groups is 3. The highest BCUT2D eigenvalue weighted by Crippen LogP contribution is 2.50. The lowest BCUT2D eigenvalue weighted by Crippen LogP contribution is -2.45. The fourth-order valence-electron chi connectivity index (χ4n) is 4.99. The van der Waals surface area contributed by atoms with Crippen LogP contribution in [0, 0.1) is 0 Å². The Morgan fingerprint density at radius 3 is 2.32 bits per heavy atom. The summed E-state index contributed by atoms with van der Waals surface area (Å²) in [6.07, 6.45) is 2.57. The fourth-order valence-corrected chi connectivity index (χ4v) is 5.53. The lowest BCUT2D eigenvalue weighted by molar-refractivity contribution is -0.121. The number of benzene rings is 1. The quantitative estimate of drug-likeness (QED) is 0.433. The van der Waals surface area contributed by atoms with Gasteiger partial charge in [0.25, 0.3) is 5.91 Å². The van der Waals surface area contributed by atoms with Crippen LogP contribution in [0.2, 0.25) is 0 Å². The van der Waals surface area contributed by atoms with Gasteiger partial charge in [-0.15, -0.1) is 0 Å². The van der Waals surface area contributed by atoms with Crippen molar-refractivity contribution in [1.29, 1.82) is 0 Å². The van der Waals surface area contributed by atoms with Gasteiger partial charge in [-0.3, -0.25) is 9.59 Å². The summed E-state index contributed by atoms with van der Waals surface area (Å²) in [7, 11) is 2.03. The van der Waals surface area contributed by atoms with Gasteiger partial charge in [0.15, 0.2) is 5.82 Å². The molecule has 2 aromatic rings. The molecule has 4 amide bonds. The molecule has 1 aromatic heterocycles. The van der Waals surface area contributed by atoms with Crippen LogP contribution in [0.15, 0.2) is 41.4 Å². The van der Waals surface area contributed by atoms with Gasteiger partial charge < -0.3 is 20.0 Å². The van der Waals surface area contributed by atoms with Crippen molar-refractivity contribution >= 4 is 46.8 Å². The Morgan fingerprint density at radius 1 is 1.08 bits per heavy atom. The molecule has 38 heavy (non-hydrogen) atoms. The summed E-state index contributed by atoms with van der Waals surface area (Å²) in [5, 5.41) is 2.79. The molecule has 3 fully saturated rings. The molecule has 3 aliphatic rings. The van der Waals surface area contributed by atoms with Crippen LogP contribution in [0.5, 0.6) is 0 Å². The third-order valence-corrected chi connectivity index (χ3v) is 7.78. The first kappa shape index (κ1) is 26.3. The Morgan fingerprint density at radius 2 is 1.74 bits per heavy atom. The van der Waals surface area contributed by atoms with Crippen LogP contribution in [-0.2, 0) is 16.1 Å². The van der Waals surface area contributed by atoms with Gasteiger partial charge in [0.1, 0.15) is 5.54 Å². The van der Waals surface area contributed by atoms with Crippen molar-refractivity contribution in [2.45, 2.75) is 42.3 Å². The summed E-state index contributed by atoms with van der Waals surface area (Å²) >= 11 is -0.254. The number of halogens is 3. The standard InChI is InChI=1S/C25H27F3N6O3S/c1-16(35)30-21-20(32-13-11-31(2)12-14-32)17(7-10-29-21)15-33-23(37)34(22(36)24(33)8-9-24)18-3-5-19(6-4-18)38-25(26,27)28/h3-7,10H,8-9,11-15H2,1-2H3,(H,29,30,35). The third-order valence-electron chi connectivity index (χ3n) is 7.04. The second-order valence-corrected chi connectivity index (χ2v) is 10.9. The number of piperazine rings is 1. The van der Waals surface area contributed by atoms with Crippen LogP contribution in [0.25, 0.3) is 0 Å². The highest BCUT2D eigenvalue weighted by molar-refractivity contribution is 8.00. The van der Waals surface area contributed by atoms with Gasteiger partial charge in [0.05, 0.1) is 17.9 Å². The molecule has 3 heterocycles. The van der Waals surface area contributed by atoms with Gasteiger partial charge in [0.2, 0.25) is 5.91 Å². The van der Waals surface area contributed by atoms with E-state index >= 15 is 0 Å². The number of nitrogens with zero attached hydrogens (tertiary/aromatic N) is 5. The van der Waals surface area contributed by atoms with Crippen LogP contribution >= 0.6 is 11.8 Å². The first-order chi connectivity index (χ1) is 18.0. The van der Waals surface area contributed by atoms with E-state index in [1.807, 2.05) is 7.05 Å². The monoisotopic (exact) mass is 548 g/mol. The fraction of sp³-hybridized carbons (Fsp3) is 0.440. The Bertz CT molecular complexity index is 1260. The van der Waals surface area contributed by atoms with Crippen molar-refractivity contribution in [2.75, 3.05) is 48.3 Å². The van der Waals surface area contributed by atoms with Gasteiger partial charge in [-0.05, 0) is 62.0 Å². The lowest BCUT2D eigenvalue weighted by Gasteiger charge is -2.36. The zero-order valence-electron chi connectivity index (χ0n) is 20.9. The van der Waals surface area contributed by atoms with Gasteiger partial charge in [-0.2, -0.15) is 13.2 Å². The second kappa shape index (κ2) is 9.77. The highest BCUT2D eigenvalue weighted by atomic mass is 32.2. The molecule has 13 heteroatoms. The van der Waals surface area contributed by atoms with E-state index in [0.717, 1.165) is 29.2 Å². The highest BCUT2D eigenvalue weighted by Gasteiger charge is 2.65. The number of imide groups is 1. The largest absolute Gasteiger partial charge is 0.446 e. The number of nitrogens with one attached hydrogen (secondary N) is 1. The number of anilines is 3. The van der Waals surface area contributed by atoms with E-state index in [4.69, 9.17) is 0 Å². The molecule has 202 valence electrons. The normalized spacial score (nSPS) is 19.4. The maximum Gasteiger partial charge on any atom is 0.446 e. The summed E-state index contributed by atoms with van der Waals surface area (Å²) in [4.78, 5) is 50.2. The average molecular weight is 549 g/mol. The van der Waals surface area contributed by atoms with E-state index in [-0.39, 0.29) is 40.7 Å². The molecule has 2 aliphatic heterocycles. The molecule has 0 bridgehead atoms. The molecule has 2 saturated heterocycles. The predicted octanol–water partition coefficient (Wildman–Crippen LogP) is 3.91. The van der Waals surface area contributed by atoms with Crippen molar-refractivity contribution in [2.24, 2.45) is 0 Å². The molecule has 1 saturated carbocycles. The van der Waals surface area contributed by atoms with Crippen molar-refractivity contribution < 1.29 is 27.6 Å². The molecular weight excluding hydrogens is 521 g/mol. The first-order valence-corrected chi connectivity index (χ1v) is 13.0. The SMILES string of the molecule is CC(=O)Nc1nccc(CN2C(=O)N(c3ccc(SC(F)(F)F)cc3)C(=O)C23CC3)c1N1CCN(C)CC1. The number of carbonyl (C=O) groups excluding carboxylic acids is 3. The number of hydrogen-bond acceptors (Lipinski definition) is 7. The molecule has 0 unspecified atom stereocenters. The Hall–Kier alpha value is -3.32. The number of likely N-dealkylation sites (N-methyl/N-ethyl adjacent to an activating group) is 1. The van der Waals surface area contributed by atoms with Crippen LogP contribution in [0.1, 0.15) is 25.3 Å². The number of thioether (sulfide) groups is 1. The molecule has 1 N–H and O–H groups in total. The number of alkyl halides is 3. The number of urea groups is 1. The van der Waals surface area contributed by atoms with Gasteiger partial charge in [-0.1, -0.05) is 0 Å². The van der Waals surface area contributed by atoms with Gasteiger partial charge >= 0.3 is 11.5 Å². The molecule has 9 nitrogen and oxygen atoms in total. The first-order valence-electron chi connectivity index (χ1n) is 12.2. The minimum Gasteiger partial charge on any atom is -0.366 e. The molecular formula is C25H27F3N6O3S. The molecule has 0 atom stereocenters. The summed E-state index contributed by atoms with van der Waals surface area (Å²) in [6.45, 7) is 4.56. The minimum atomic E-state index is -4.43. The summed E-state index contributed by atoms with van der Waals surface area (Å²) in [6, 6.07) is 6.50. The van der Waals surface area contributed by atoms with E-state index in [1.165, 1.54) is 31.2 Å². The molecule has 1 aromatic carbocycles. The van der Waals surface area contributed by atoms with Crippen LogP contribution in [0.3, 0.4) is 0 Å². The van der Waals surface area contributed by atoms with E-state index < -0.39 is 17.1 Å². The molecule has 1 spiro atoms.